The molecule has 0 bridgehead atoms. The van der Waals surface area contributed by atoms with Crippen molar-refractivity contribution >= 4 is 16.1 Å². The highest BCUT2D eigenvalue weighted by Crippen LogP contribution is 2.51. The van der Waals surface area contributed by atoms with Gasteiger partial charge in [0.2, 0.25) is 0 Å². The van der Waals surface area contributed by atoms with Crippen LogP contribution in [0.3, 0.4) is 0 Å². The van der Waals surface area contributed by atoms with Crippen molar-refractivity contribution in [3.63, 3.8) is 0 Å². The van der Waals surface area contributed by atoms with Crippen LogP contribution in [-0.2, 0) is 0 Å². The second-order valence-corrected chi connectivity index (χ2v) is 20.1. The van der Waals surface area contributed by atoms with E-state index in [4.69, 9.17) is 0 Å². The number of hydrogen-bond acceptors (Lipinski definition) is 0. The SMILES string of the molecule is CC1CC[Si]2(CC1)CCC(C1CC[Si]3(CCCC3)CC1)CC2. The van der Waals surface area contributed by atoms with Crippen molar-refractivity contribution in [3.05, 3.63) is 0 Å². The van der Waals surface area contributed by atoms with E-state index in [9.17, 15) is 0 Å². The Morgan fingerprint density at radius 3 is 1.32 bits per heavy atom. The van der Waals surface area contributed by atoms with E-state index >= 15 is 0 Å². The molecule has 0 N–H and O–H groups in total. The number of rotatable bonds is 1. The van der Waals surface area contributed by atoms with Gasteiger partial charge in [-0.05, 0) is 17.8 Å². The van der Waals surface area contributed by atoms with Crippen LogP contribution in [0.15, 0.2) is 0 Å². The monoisotopic (exact) mass is 334 g/mol. The molecule has 126 valence electrons. The van der Waals surface area contributed by atoms with Crippen LogP contribution in [-0.4, -0.2) is 16.1 Å². The highest BCUT2D eigenvalue weighted by molar-refractivity contribution is 6.81. The molecular weight excluding hydrogens is 296 g/mol. The second kappa shape index (κ2) is 6.39. The summed E-state index contributed by atoms with van der Waals surface area (Å²) >= 11 is 0. The molecule has 4 aliphatic rings. The highest BCUT2D eigenvalue weighted by Gasteiger charge is 2.44. The van der Waals surface area contributed by atoms with Gasteiger partial charge >= 0.3 is 0 Å². The number of hydrogen-bond donors (Lipinski definition) is 0. The first-order valence-corrected chi connectivity index (χ1v) is 16.3. The smallest absolute Gasteiger partial charge is 0.0536 e. The lowest BCUT2D eigenvalue weighted by atomic mass is 9.83. The Kier molecular flexibility index (Phi) is 4.63. The first-order valence-electron chi connectivity index (χ1n) is 10.7. The molecule has 4 saturated heterocycles. The molecule has 2 spiro atoms. The van der Waals surface area contributed by atoms with Crippen LogP contribution in [0, 0.1) is 17.8 Å². The van der Waals surface area contributed by atoms with E-state index in [1.54, 1.807) is 99.7 Å². The minimum atomic E-state index is -0.740. The zero-order valence-corrected chi connectivity index (χ0v) is 17.0. The van der Waals surface area contributed by atoms with Crippen LogP contribution in [0.5, 0.6) is 0 Å². The summed E-state index contributed by atoms with van der Waals surface area (Å²) in [5.41, 5.74) is 0. The average Bonchev–Trinajstić information content (AvgIpc) is 3.01. The van der Waals surface area contributed by atoms with Crippen LogP contribution in [0.4, 0.5) is 0 Å². The van der Waals surface area contributed by atoms with Gasteiger partial charge in [0.05, 0.1) is 16.1 Å². The molecule has 0 aromatic heterocycles. The molecule has 0 unspecified atom stereocenters. The summed E-state index contributed by atoms with van der Waals surface area (Å²) in [6, 6.07) is 13.8. The quantitative estimate of drug-likeness (QED) is 0.456. The molecule has 4 rings (SSSR count). The van der Waals surface area contributed by atoms with Gasteiger partial charge in [-0.2, -0.15) is 0 Å². The van der Waals surface area contributed by atoms with Gasteiger partial charge in [-0.15, -0.1) is 0 Å². The van der Waals surface area contributed by atoms with Gasteiger partial charge in [0.25, 0.3) is 0 Å². The van der Waals surface area contributed by atoms with Crippen molar-refractivity contribution in [3.8, 4) is 0 Å². The molecule has 2 heteroatoms. The maximum atomic E-state index is 2.50. The van der Waals surface area contributed by atoms with E-state index < -0.39 is 16.1 Å². The molecule has 4 heterocycles. The van der Waals surface area contributed by atoms with Gasteiger partial charge < -0.3 is 0 Å². The zero-order chi connectivity index (χ0) is 15.0. The summed E-state index contributed by atoms with van der Waals surface area (Å²) in [5.74, 6) is 3.40. The molecule has 0 aromatic carbocycles. The van der Waals surface area contributed by atoms with E-state index in [1.165, 1.54) is 11.8 Å². The molecule has 4 fully saturated rings. The third-order valence-corrected chi connectivity index (χ3v) is 19.8. The Bertz CT molecular complexity index is 357. The van der Waals surface area contributed by atoms with Crippen molar-refractivity contribution in [1.29, 1.82) is 0 Å². The molecule has 0 radical (unpaired) electrons. The molecule has 0 amide bonds. The largest absolute Gasteiger partial charge is 0.0625 e. The zero-order valence-electron chi connectivity index (χ0n) is 15.0. The second-order valence-electron chi connectivity index (χ2n) is 10.1. The normalized spacial score (nSPS) is 43.0. The molecule has 0 aliphatic carbocycles. The fourth-order valence-electron chi connectivity index (χ4n) is 6.95. The van der Waals surface area contributed by atoms with E-state index in [-0.39, 0.29) is 0 Å². The molecule has 4 aliphatic heterocycles. The third-order valence-electron chi connectivity index (χ3n) is 8.85. The molecule has 22 heavy (non-hydrogen) atoms. The highest BCUT2D eigenvalue weighted by atomic mass is 28.3. The predicted octanol–water partition coefficient (Wildman–Crippen LogP) is 6.93. The van der Waals surface area contributed by atoms with E-state index in [0.29, 0.717) is 0 Å². The summed E-state index contributed by atoms with van der Waals surface area (Å²) in [7, 11) is -1.40. The van der Waals surface area contributed by atoms with Crippen molar-refractivity contribution in [1.82, 2.24) is 0 Å². The molecule has 0 saturated carbocycles. The van der Waals surface area contributed by atoms with Gasteiger partial charge in [-0.3, -0.25) is 0 Å². The van der Waals surface area contributed by atoms with Crippen LogP contribution >= 0.6 is 0 Å². The van der Waals surface area contributed by atoms with Crippen LogP contribution in [0.2, 0.25) is 48.4 Å². The van der Waals surface area contributed by atoms with Gasteiger partial charge in [-0.1, -0.05) is 107 Å². The van der Waals surface area contributed by atoms with Gasteiger partial charge in [-0.25, -0.2) is 0 Å². The van der Waals surface area contributed by atoms with Crippen molar-refractivity contribution in [2.24, 2.45) is 17.8 Å². The standard InChI is InChI=1S/C20H38Si2/c1-18-4-12-22(13-5-18)16-8-20(9-17-22)19-6-14-21(15-7-19)10-2-3-11-21/h18-20H,2-17H2,1H3. The van der Waals surface area contributed by atoms with Gasteiger partial charge in [0.15, 0.2) is 0 Å². The summed E-state index contributed by atoms with van der Waals surface area (Å²) in [4.78, 5) is 0. The van der Waals surface area contributed by atoms with E-state index in [2.05, 4.69) is 6.92 Å². The molecule has 0 nitrogen and oxygen atoms in total. The van der Waals surface area contributed by atoms with Crippen molar-refractivity contribution < 1.29 is 0 Å². The van der Waals surface area contributed by atoms with Crippen LogP contribution < -0.4 is 0 Å². The van der Waals surface area contributed by atoms with Crippen molar-refractivity contribution in [2.75, 3.05) is 0 Å². The summed E-state index contributed by atoms with van der Waals surface area (Å²) in [6.07, 6.45) is 13.1. The van der Waals surface area contributed by atoms with Crippen LogP contribution in [0.25, 0.3) is 0 Å². The minimum absolute atomic E-state index is 0.663. The maximum Gasteiger partial charge on any atom is 0.0536 e. The maximum absolute atomic E-state index is 2.50. The lowest BCUT2D eigenvalue weighted by molar-refractivity contribution is 0.272. The first-order chi connectivity index (χ1) is 10.7. The Labute approximate surface area is 140 Å². The Morgan fingerprint density at radius 1 is 0.500 bits per heavy atom. The Morgan fingerprint density at radius 2 is 0.864 bits per heavy atom. The van der Waals surface area contributed by atoms with Crippen molar-refractivity contribution in [2.45, 2.75) is 107 Å². The van der Waals surface area contributed by atoms with E-state index in [1.807, 2.05) is 0 Å². The predicted molar refractivity (Wildman–Crippen MR) is 103 cm³/mol. The van der Waals surface area contributed by atoms with Crippen LogP contribution in [0.1, 0.15) is 58.3 Å². The fraction of sp³-hybridized carbons (Fsp3) is 1.00. The summed E-state index contributed by atoms with van der Waals surface area (Å²) < 4.78 is 0. The molecule has 0 atom stereocenters. The third kappa shape index (κ3) is 3.16. The molecular formula is C20H38Si2. The molecule has 0 aromatic rings. The van der Waals surface area contributed by atoms with Gasteiger partial charge in [0, 0.05) is 0 Å². The summed E-state index contributed by atoms with van der Waals surface area (Å²) in [5, 5.41) is 0. The average molecular weight is 335 g/mol. The first kappa shape index (κ1) is 15.9. The summed E-state index contributed by atoms with van der Waals surface area (Å²) in [6.45, 7) is 2.50. The minimum Gasteiger partial charge on any atom is -0.0625 e. The Balaban J connectivity index is 1.27. The lowest BCUT2D eigenvalue weighted by Crippen LogP contribution is -2.43. The lowest BCUT2D eigenvalue weighted by Gasteiger charge is -2.46. The fourth-order valence-corrected chi connectivity index (χ4v) is 18.1. The van der Waals surface area contributed by atoms with Gasteiger partial charge in [0.1, 0.15) is 0 Å². The topological polar surface area (TPSA) is 0 Å². The Hall–Kier alpha value is 0.434. The van der Waals surface area contributed by atoms with E-state index in [0.717, 1.165) is 5.92 Å².